The van der Waals surface area contributed by atoms with Gasteiger partial charge in [0.05, 0.1) is 19.2 Å². The van der Waals surface area contributed by atoms with Gasteiger partial charge >= 0.3 is 118 Å². The maximum atomic E-state index is 12.1. The predicted octanol–water partition coefficient (Wildman–Crippen LogP) is -22.1. The van der Waals surface area contributed by atoms with E-state index in [1.807, 2.05) is 0 Å². The number of carbonyl (C=O) groups is 1. The standard InChI is InChI=1S/C19H33NO25S3.4Na/c1-38-12-5(3-40-47(32,33)34)42-18(6(8(12)22)20-46(29,30)31)43-13-11(25)14(45-48(35,36)37)19(44-15(13)16(26)27)39-2-4-7(21)9(23)10(24)17(28)41-4;;;;/h4-15,17-25,28H,2-3H2,1H3,(H,26,27)(H,29,30,31)(H,32,33,34)(H,35,36,37);;;;/q;4*+1/p-4/t4?,5?,6?,7-,8+,9-,10?,11-,12+,13-,14?,15?,17?,18+,19-;;;;/m1..../s1. The van der Waals surface area contributed by atoms with Crippen LogP contribution in [0.2, 0.25) is 0 Å². The molecule has 3 heterocycles. The number of hydrogen-bond donors (Lipinski definition) is 7. The number of carbonyl (C=O) groups excluding carboxylic acids is 1. The summed E-state index contributed by atoms with van der Waals surface area (Å²) in [6, 6.07) is -2.30. The molecular formula is C19H29NNa4O25S3. The molecule has 3 saturated heterocycles. The number of carboxylic acid groups (broad SMARTS) is 1. The summed E-state index contributed by atoms with van der Waals surface area (Å²) in [5, 5.41) is 73.0. The van der Waals surface area contributed by atoms with Crippen molar-refractivity contribution in [1.82, 2.24) is 4.72 Å². The normalized spacial score (nSPS) is 38.4. The Bertz CT molecular complexity index is 1450. The third-order valence-corrected chi connectivity index (χ3v) is 8.43. The molecule has 3 fully saturated rings. The Morgan fingerprint density at radius 1 is 0.692 bits per heavy atom. The van der Waals surface area contributed by atoms with Gasteiger partial charge in [-0.1, -0.05) is 0 Å². The Kier molecular flexibility index (Phi) is 25.5. The van der Waals surface area contributed by atoms with Gasteiger partial charge in [-0.2, -0.15) is 0 Å². The van der Waals surface area contributed by atoms with Gasteiger partial charge < -0.3 is 82.6 Å². The number of methoxy groups -OCH3 is 1. The van der Waals surface area contributed by atoms with Crippen LogP contribution in [-0.2, 0) is 72.7 Å². The molecule has 0 radical (unpaired) electrons. The molecule has 282 valence electrons. The summed E-state index contributed by atoms with van der Waals surface area (Å²) >= 11 is 0. The van der Waals surface area contributed by atoms with Gasteiger partial charge in [0.2, 0.25) is 20.8 Å². The van der Waals surface area contributed by atoms with Crippen LogP contribution in [0, 0.1) is 0 Å². The first-order chi connectivity index (χ1) is 21.9. The molecule has 3 aliphatic heterocycles. The van der Waals surface area contributed by atoms with Crippen LogP contribution < -0.4 is 128 Å². The van der Waals surface area contributed by atoms with Crippen LogP contribution in [0.5, 0.6) is 0 Å². The molecule has 3 aliphatic rings. The molecule has 7 N–H and O–H groups in total. The van der Waals surface area contributed by atoms with Crippen LogP contribution in [0.4, 0.5) is 0 Å². The van der Waals surface area contributed by atoms with Crippen molar-refractivity contribution < 1.29 is 234 Å². The summed E-state index contributed by atoms with van der Waals surface area (Å²) < 4.78 is 142. The van der Waals surface area contributed by atoms with Crippen LogP contribution in [0.3, 0.4) is 0 Å². The summed E-state index contributed by atoms with van der Waals surface area (Å²) in [6.45, 7) is -2.32. The second-order valence-corrected chi connectivity index (χ2v) is 13.4. The van der Waals surface area contributed by atoms with Crippen molar-refractivity contribution in [3.8, 4) is 0 Å². The van der Waals surface area contributed by atoms with E-state index < -0.39 is 142 Å². The Balaban J connectivity index is 0. The quantitative estimate of drug-likeness (QED) is 0.0484. The van der Waals surface area contributed by atoms with Crippen molar-refractivity contribution in [3.63, 3.8) is 0 Å². The zero-order valence-corrected chi connectivity index (χ0v) is 38.2. The van der Waals surface area contributed by atoms with E-state index in [0.717, 1.165) is 7.11 Å². The molecule has 0 spiro atoms. The predicted molar refractivity (Wildman–Crippen MR) is 132 cm³/mol. The molecule has 0 aliphatic carbocycles. The number of aliphatic carboxylic acids is 1. The van der Waals surface area contributed by atoms with E-state index in [1.165, 1.54) is 4.72 Å². The van der Waals surface area contributed by atoms with Gasteiger partial charge in [-0.3, -0.25) is 8.37 Å². The molecule has 0 bridgehead atoms. The Morgan fingerprint density at radius 2 is 1.27 bits per heavy atom. The van der Waals surface area contributed by atoms with Gasteiger partial charge in [0.1, 0.15) is 67.1 Å². The molecule has 0 aromatic rings. The van der Waals surface area contributed by atoms with Crippen molar-refractivity contribution in [3.05, 3.63) is 0 Å². The molecule has 7 unspecified atom stereocenters. The van der Waals surface area contributed by atoms with E-state index in [-0.39, 0.29) is 118 Å². The van der Waals surface area contributed by atoms with Crippen molar-refractivity contribution in [2.45, 2.75) is 92.1 Å². The van der Waals surface area contributed by atoms with Crippen LogP contribution in [0.15, 0.2) is 0 Å². The molecule has 0 amide bonds. The van der Waals surface area contributed by atoms with E-state index in [2.05, 4.69) is 8.37 Å². The monoisotopic (exact) mass is 859 g/mol. The first kappa shape index (κ1) is 56.7. The zero-order chi connectivity index (χ0) is 36.5. The summed E-state index contributed by atoms with van der Waals surface area (Å²) in [6.07, 6.45) is -31.3. The maximum absolute atomic E-state index is 12.1. The minimum atomic E-state index is -5.85. The third-order valence-electron chi connectivity index (χ3n) is 6.99. The van der Waals surface area contributed by atoms with Crippen molar-refractivity contribution in [2.24, 2.45) is 0 Å². The summed E-state index contributed by atoms with van der Waals surface area (Å²) in [7, 11) is -16.0. The number of hydrogen-bond acceptors (Lipinski definition) is 25. The Hall–Kier alpha value is 2.60. The first-order valence-corrected chi connectivity index (χ1v) is 17.0. The minimum absolute atomic E-state index is 0. The van der Waals surface area contributed by atoms with E-state index in [9.17, 15) is 79.5 Å². The summed E-state index contributed by atoms with van der Waals surface area (Å²) in [4.78, 5) is 12.1. The number of nitrogens with one attached hydrogen (secondary N) is 1. The zero-order valence-electron chi connectivity index (χ0n) is 27.7. The maximum Gasteiger partial charge on any atom is 1.00 e. The fourth-order valence-corrected chi connectivity index (χ4v) is 6.22. The van der Waals surface area contributed by atoms with Crippen LogP contribution in [0.25, 0.3) is 0 Å². The van der Waals surface area contributed by atoms with E-state index in [1.54, 1.807) is 0 Å². The number of ether oxygens (including phenoxy) is 6. The Labute approximate surface area is 384 Å². The van der Waals surface area contributed by atoms with Crippen LogP contribution in [0.1, 0.15) is 0 Å². The third kappa shape index (κ3) is 16.0. The van der Waals surface area contributed by atoms with E-state index >= 15 is 0 Å². The second-order valence-electron chi connectivity index (χ2n) is 10.2. The molecule has 3 rings (SSSR count). The van der Waals surface area contributed by atoms with Crippen molar-refractivity contribution >= 4 is 37.1 Å². The molecule has 33 heteroatoms. The van der Waals surface area contributed by atoms with Gasteiger partial charge in [-0.25, -0.2) is 30.0 Å². The number of aliphatic hydroxyl groups excluding tert-OH is 6. The van der Waals surface area contributed by atoms with Crippen molar-refractivity contribution in [2.75, 3.05) is 20.3 Å². The summed E-state index contributed by atoms with van der Waals surface area (Å²) in [5.74, 6) is -2.30. The molecule has 0 aromatic heterocycles. The van der Waals surface area contributed by atoms with E-state index in [0.29, 0.717) is 0 Å². The molecule has 0 saturated carbocycles. The minimum Gasteiger partial charge on any atom is -0.735 e. The number of carboxylic acids is 1. The van der Waals surface area contributed by atoms with E-state index in [4.69, 9.17) is 28.4 Å². The fraction of sp³-hybridized carbons (Fsp3) is 0.947. The smallest absolute Gasteiger partial charge is 0.735 e. The average molecular weight is 860 g/mol. The number of rotatable bonds is 14. The topological polar surface area (TPSA) is 419 Å². The second kappa shape index (κ2) is 23.4. The van der Waals surface area contributed by atoms with Crippen LogP contribution >= 0.6 is 0 Å². The number of aliphatic hydroxyl groups is 6. The molecule has 0 aromatic carbocycles. The van der Waals surface area contributed by atoms with Gasteiger partial charge in [0, 0.05) is 7.11 Å². The van der Waals surface area contributed by atoms with Gasteiger partial charge in [0.25, 0.3) is 0 Å². The SMILES string of the molecule is CO[C@H]1C(COS(=O)(=O)[O-])O[C@@H](O[C@H]2C(C(=O)[O-])O[C@@H](OCC3OC(O)C(O)[C@H](O)[C@@H]3O)C(OS(=O)(=O)[O-])[C@@H]2O)C(NS(=O)(=O)[O-])[C@@H]1O.[Na+].[Na+].[Na+].[Na+]. The first-order valence-electron chi connectivity index (χ1n) is 13.0. The molecule has 52 heavy (non-hydrogen) atoms. The Morgan fingerprint density at radius 3 is 1.75 bits per heavy atom. The fourth-order valence-electron chi connectivity index (χ4n) is 4.86. The summed E-state index contributed by atoms with van der Waals surface area (Å²) in [5.41, 5.74) is 0. The van der Waals surface area contributed by atoms with Gasteiger partial charge in [0.15, 0.2) is 35.3 Å². The van der Waals surface area contributed by atoms with Crippen molar-refractivity contribution in [1.29, 1.82) is 0 Å². The average Bonchev–Trinajstić information content (AvgIpc) is 2.94. The van der Waals surface area contributed by atoms with Gasteiger partial charge in [-0.05, 0) is 0 Å². The van der Waals surface area contributed by atoms with Gasteiger partial charge in [-0.15, -0.1) is 0 Å². The van der Waals surface area contributed by atoms with Crippen LogP contribution in [-0.4, -0.2) is 188 Å². The largest absolute Gasteiger partial charge is 1.00 e. The molecule has 26 nitrogen and oxygen atoms in total. The molecular weight excluding hydrogens is 830 g/mol. The molecule has 15 atom stereocenters.